The van der Waals surface area contributed by atoms with Crippen molar-refractivity contribution in [2.24, 2.45) is 0 Å². The number of hydrogen-bond donors (Lipinski definition) is 1. The number of aromatic nitrogens is 3. The third-order valence-electron chi connectivity index (χ3n) is 3.90. The van der Waals surface area contributed by atoms with Crippen molar-refractivity contribution < 1.29 is 9.66 Å². The molecule has 0 aliphatic heterocycles. The summed E-state index contributed by atoms with van der Waals surface area (Å²) < 4.78 is 6.53. The second-order valence-corrected chi connectivity index (χ2v) is 6.53. The molecule has 0 bridgehead atoms. The van der Waals surface area contributed by atoms with Gasteiger partial charge in [-0.25, -0.2) is 4.98 Å². The first-order chi connectivity index (χ1) is 13.6. The van der Waals surface area contributed by atoms with E-state index in [1.807, 2.05) is 24.3 Å². The summed E-state index contributed by atoms with van der Waals surface area (Å²) in [4.78, 5) is 23.5. The largest absolute Gasteiger partial charge is 0.431 e. The van der Waals surface area contributed by atoms with Crippen molar-refractivity contribution in [1.82, 2.24) is 15.0 Å². The van der Waals surface area contributed by atoms with E-state index in [4.69, 9.17) is 4.74 Å². The van der Waals surface area contributed by atoms with Gasteiger partial charge < -0.3 is 10.1 Å². The number of rotatable bonds is 5. The molecule has 0 saturated carbocycles. The molecule has 4 rings (SSSR count). The first-order valence-corrected chi connectivity index (χ1v) is 8.95. The Morgan fingerprint density at radius 3 is 2.64 bits per heavy atom. The van der Waals surface area contributed by atoms with Crippen LogP contribution in [-0.2, 0) is 0 Å². The average Bonchev–Trinajstić information content (AvgIpc) is 2.70. The molecule has 2 aromatic heterocycles. The molecule has 0 amide bonds. The van der Waals surface area contributed by atoms with Crippen LogP contribution < -0.4 is 10.1 Å². The van der Waals surface area contributed by atoms with Gasteiger partial charge in [0.05, 0.1) is 10.6 Å². The fourth-order valence-electron chi connectivity index (χ4n) is 2.65. The minimum atomic E-state index is -0.576. The summed E-state index contributed by atoms with van der Waals surface area (Å²) in [5, 5.41) is 15.6. The van der Waals surface area contributed by atoms with Crippen molar-refractivity contribution >= 4 is 44.0 Å². The Morgan fingerprint density at radius 1 is 1.00 bits per heavy atom. The van der Waals surface area contributed by atoms with Crippen LogP contribution in [0.25, 0.3) is 10.9 Å². The van der Waals surface area contributed by atoms with E-state index in [0.29, 0.717) is 17.0 Å². The zero-order valence-corrected chi connectivity index (χ0v) is 15.8. The number of fused-ring (bicyclic) bond motifs is 1. The zero-order valence-electron chi connectivity index (χ0n) is 14.2. The summed E-state index contributed by atoms with van der Waals surface area (Å²) in [5.41, 5.74) is 0.839. The van der Waals surface area contributed by atoms with E-state index in [1.54, 1.807) is 36.5 Å². The number of ether oxygens (including phenoxy) is 1. The number of nitro groups is 1. The van der Waals surface area contributed by atoms with Gasteiger partial charge in [-0.2, -0.15) is 4.98 Å². The molecule has 28 heavy (non-hydrogen) atoms. The van der Waals surface area contributed by atoms with Crippen LogP contribution in [-0.4, -0.2) is 19.9 Å². The highest BCUT2D eigenvalue weighted by Gasteiger charge is 2.26. The predicted octanol–water partition coefficient (Wildman–Crippen LogP) is 5.23. The molecule has 0 aliphatic rings. The quantitative estimate of drug-likeness (QED) is 0.336. The highest BCUT2D eigenvalue weighted by Crippen LogP contribution is 2.38. The number of halogens is 1. The van der Waals surface area contributed by atoms with Crippen LogP contribution in [0.5, 0.6) is 11.6 Å². The maximum absolute atomic E-state index is 11.7. The van der Waals surface area contributed by atoms with Gasteiger partial charge in [-0.3, -0.25) is 15.1 Å². The normalized spacial score (nSPS) is 10.6. The molecule has 138 valence electrons. The van der Waals surface area contributed by atoms with Crippen LogP contribution in [0.15, 0.2) is 71.6 Å². The summed E-state index contributed by atoms with van der Waals surface area (Å²) in [6.07, 6.45) is 2.84. The third-order valence-corrected chi connectivity index (χ3v) is 4.59. The fourth-order valence-corrected chi connectivity index (χ4v) is 3.03. The second kappa shape index (κ2) is 7.57. The number of hydrogen-bond acceptors (Lipinski definition) is 7. The molecule has 0 fully saturated rings. The fraction of sp³-hybridized carbons (Fsp3) is 0. The average molecular weight is 438 g/mol. The minimum absolute atomic E-state index is 0.0232. The Labute approximate surface area is 167 Å². The maximum Gasteiger partial charge on any atom is 0.373 e. The van der Waals surface area contributed by atoms with Gasteiger partial charge in [-0.05, 0) is 40.2 Å². The summed E-state index contributed by atoms with van der Waals surface area (Å²) in [7, 11) is 0. The molecule has 9 heteroatoms. The van der Waals surface area contributed by atoms with Crippen LogP contribution in [0.3, 0.4) is 0 Å². The monoisotopic (exact) mass is 437 g/mol. The molecule has 0 aliphatic carbocycles. The first kappa shape index (κ1) is 17.8. The van der Waals surface area contributed by atoms with Crippen LogP contribution in [0.2, 0.25) is 0 Å². The molecule has 4 aromatic rings. The molecule has 0 saturated heterocycles. The van der Waals surface area contributed by atoms with Crippen LogP contribution in [0.1, 0.15) is 0 Å². The van der Waals surface area contributed by atoms with E-state index in [9.17, 15) is 10.1 Å². The van der Waals surface area contributed by atoms with Crippen LogP contribution in [0, 0.1) is 10.1 Å². The van der Waals surface area contributed by atoms with Gasteiger partial charge in [-0.1, -0.05) is 30.3 Å². The van der Waals surface area contributed by atoms with E-state index < -0.39 is 4.92 Å². The van der Waals surface area contributed by atoms with Gasteiger partial charge >= 0.3 is 11.6 Å². The van der Waals surface area contributed by atoms with Crippen molar-refractivity contribution in [3.63, 3.8) is 0 Å². The minimum Gasteiger partial charge on any atom is -0.431 e. The Hall–Kier alpha value is -3.59. The molecular weight excluding hydrogens is 426 g/mol. The number of nitrogens with zero attached hydrogens (tertiary/aromatic N) is 4. The van der Waals surface area contributed by atoms with Crippen molar-refractivity contribution in [2.75, 3.05) is 5.32 Å². The SMILES string of the molecule is O=[N+]([O-])c1c(Nc2ccccc2Br)ncnc1Oc1cccc2cccnc12. The summed E-state index contributed by atoms with van der Waals surface area (Å²) in [5.74, 6) is 0.217. The topological polar surface area (TPSA) is 103 Å². The van der Waals surface area contributed by atoms with Gasteiger partial charge in [0.25, 0.3) is 0 Å². The highest BCUT2D eigenvalue weighted by atomic mass is 79.9. The zero-order chi connectivity index (χ0) is 19.5. The van der Waals surface area contributed by atoms with Gasteiger partial charge in [0.2, 0.25) is 5.82 Å². The third kappa shape index (κ3) is 3.47. The highest BCUT2D eigenvalue weighted by molar-refractivity contribution is 9.10. The lowest BCUT2D eigenvalue weighted by atomic mass is 10.2. The number of para-hydroxylation sites is 2. The summed E-state index contributed by atoms with van der Waals surface area (Å²) in [6, 6.07) is 16.3. The molecule has 0 radical (unpaired) electrons. The molecule has 1 N–H and O–H groups in total. The summed E-state index contributed by atoms with van der Waals surface area (Å²) in [6.45, 7) is 0. The van der Waals surface area contributed by atoms with Crippen LogP contribution in [0.4, 0.5) is 17.2 Å². The predicted molar refractivity (Wildman–Crippen MR) is 108 cm³/mol. The molecule has 0 spiro atoms. The van der Waals surface area contributed by atoms with Gasteiger partial charge in [0.1, 0.15) is 11.8 Å². The van der Waals surface area contributed by atoms with E-state index in [2.05, 4.69) is 36.2 Å². The lowest BCUT2D eigenvalue weighted by Gasteiger charge is -2.11. The van der Waals surface area contributed by atoms with Crippen molar-refractivity contribution in [1.29, 1.82) is 0 Å². The summed E-state index contributed by atoms with van der Waals surface area (Å²) >= 11 is 3.40. The van der Waals surface area contributed by atoms with Crippen molar-refractivity contribution in [3.05, 3.63) is 81.7 Å². The maximum atomic E-state index is 11.7. The Morgan fingerprint density at radius 2 is 1.82 bits per heavy atom. The Kier molecular flexibility index (Phi) is 4.81. The number of nitrogens with one attached hydrogen (secondary N) is 1. The Bertz CT molecular complexity index is 1180. The van der Waals surface area contributed by atoms with Gasteiger partial charge in [0.15, 0.2) is 5.75 Å². The lowest BCUT2D eigenvalue weighted by Crippen LogP contribution is -2.04. The lowest BCUT2D eigenvalue weighted by molar-refractivity contribution is -0.385. The number of anilines is 2. The van der Waals surface area contributed by atoms with Gasteiger partial charge in [-0.15, -0.1) is 0 Å². The van der Waals surface area contributed by atoms with Crippen molar-refractivity contribution in [2.45, 2.75) is 0 Å². The van der Waals surface area contributed by atoms with E-state index >= 15 is 0 Å². The smallest absolute Gasteiger partial charge is 0.373 e. The first-order valence-electron chi connectivity index (χ1n) is 8.16. The molecule has 0 unspecified atom stereocenters. The molecule has 2 aromatic carbocycles. The number of pyridine rings is 1. The standard InChI is InChI=1S/C19H12BrN5O3/c20-13-7-1-2-8-14(13)24-18-17(25(26)27)19(23-11-22-18)28-15-9-3-5-12-6-4-10-21-16(12)15/h1-11H,(H,22,23,24). The van der Waals surface area contributed by atoms with E-state index in [-0.39, 0.29) is 17.4 Å². The molecular formula is C19H12BrN5O3. The number of benzene rings is 2. The van der Waals surface area contributed by atoms with Crippen molar-refractivity contribution in [3.8, 4) is 11.6 Å². The molecule has 0 atom stereocenters. The van der Waals surface area contributed by atoms with Crippen LogP contribution >= 0.6 is 15.9 Å². The van der Waals surface area contributed by atoms with Gasteiger partial charge in [0, 0.05) is 16.1 Å². The molecule has 2 heterocycles. The second-order valence-electron chi connectivity index (χ2n) is 5.67. The van der Waals surface area contributed by atoms with E-state index in [1.165, 1.54) is 6.33 Å². The molecule has 8 nitrogen and oxygen atoms in total. The Balaban J connectivity index is 1.77. The van der Waals surface area contributed by atoms with E-state index in [0.717, 1.165) is 9.86 Å².